The second kappa shape index (κ2) is 7.00. The van der Waals surface area contributed by atoms with Crippen LogP contribution in [-0.4, -0.2) is 31.1 Å². The zero-order chi connectivity index (χ0) is 15.7. The quantitative estimate of drug-likeness (QED) is 0.866. The van der Waals surface area contributed by atoms with Gasteiger partial charge >= 0.3 is 0 Å². The van der Waals surface area contributed by atoms with Crippen molar-refractivity contribution in [3.8, 4) is 0 Å². The average Bonchev–Trinajstić information content (AvgIpc) is 2.85. The molecule has 0 fully saturated rings. The van der Waals surface area contributed by atoms with Gasteiger partial charge in [0.25, 0.3) is 10.0 Å². The van der Waals surface area contributed by atoms with Crippen LogP contribution in [0.2, 0.25) is 0 Å². The van der Waals surface area contributed by atoms with Gasteiger partial charge in [0.05, 0.1) is 0 Å². The van der Waals surface area contributed by atoms with Crippen LogP contribution in [0.15, 0.2) is 35.5 Å². The van der Waals surface area contributed by atoms with Gasteiger partial charge in [-0.3, -0.25) is 0 Å². The highest BCUT2D eigenvalue weighted by Gasteiger charge is 2.23. The molecule has 8 heteroatoms. The number of hydrogen-bond donors (Lipinski definition) is 2. The Bertz CT molecular complexity index is 769. The molecule has 1 atom stereocenters. The average molecular weight is 357 g/mol. The molecule has 1 aliphatic rings. The van der Waals surface area contributed by atoms with Crippen LogP contribution in [0, 0.1) is 6.92 Å². The van der Waals surface area contributed by atoms with E-state index in [1.54, 1.807) is 18.5 Å². The maximum Gasteiger partial charge on any atom is 0.259 e. The van der Waals surface area contributed by atoms with Gasteiger partial charge < -0.3 is 9.88 Å². The summed E-state index contributed by atoms with van der Waals surface area (Å²) in [5, 5.41) is 3.43. The summed E-state index contributed by atoms with van der Waals surface area (Å²) in [6.45, 7) is 2.94. The van der Waals surface area contributed by atoms with Gasteiger partial charge in [-0.25, -0.2) is 18.1 Å². The minimum Gasteiger partial charge on any atom is -0.337 e. The van der Waals surface area contributed by atoms with E-state index in [0.29, 0.717) is 12.4 Å². The molecule has 2 aromatic rings. The van der Waals surface area contributed by atoms with E-state index >= 15 is 0 Å². The summed E-state index contributed by atoms with van der Waals surface area (Å²) in [6, 6.07) is 8.13. The van der Waals surface area contributed by atoms with E-state index in [2.05, 4.69) is 21.1 Å². The van der Waals surface area contributed by atoms with E-state index in [4.69, 9.17) is 0 Å². The summed E-state index contributed by atoms with van der Waals surface area (Å²) >= 11 is 0. The number of nitrogens with one attached hydrogen (secondary N) is 2. The number of sulfonamides is 1. The molecule has 2 heterocycles. The third-order valence-corrected chi connectivity index (χ3v) is 5.35. The van der Waals surface area contributed by atoms with E-state index in [1.807, 2.05) is 18.2 Å². The molecule has 3 rings (SSSR count). The van der Waals surface area contributed by atoms with Crippen molar-refractivity contribution in [1.82, 2.24) is 19.6 Å². The molecule has 1 unspecified atom stereocenters. The Hall–Kier alpha value is -1.41. The third kappa shape index (κ3) is 3.74. The number of aryl methyl sites for hydroxylation is 2. The SMILES string of the molecule is Cc1nc(S(=O)(=O)NCC2NCCc3ccccc32)cn1C.Cl. The molecular formula is C15H21ClN4O2S. The molecular weight excluding hydrogens is 336 g/mol. The van der Waals surface area contributed by atoms with Gasteiger partial charge in [-0.2, -0.15) is 0 Å². The molecule has 0 saturated heterocycles. The molecule has 2 N–H and O–H groups in total. The van der Waals surface area contributed by atoms with Crippen molar-refractivity contribution in [1.29, 1.82) is 0 Å². The molecule has 0 spiro atoms. The number of nitrogens with zero attached hydrogens (tertiary/aromatic N) is 2. The fourth-order valence-electron chi connectivity index (χ4n) is 2.70. The molecule has 0 amide bonds. The minimum absolute atomic E-state index is 0. The van der Waals surface area contributed by atoms with Crippen molar-refractivity contribution in [2.24, 2.45) is 7.05 Å². The van der Waals surface area contributed by atoms with Crippen molar-refractivity contribution >= 4 is 22.4 Å². The maximum atomic E-state index is 12.3. The Kier molecular flexibility index (Phi) is 5.46. The van der Waals surface area contributed by atoms with E-state index in [0.717, 1.165) is 18.5 Å². The van der Waals surface area contributed by atoms with Crippen molar-refractivity contribution in [3.05, 3.63) is 47.4 Å². The summed E-state index contributed by atoms with van der Waals surface area (Å²) in [7, 11) is -1.81. The highest BCUT2D eigenvalue weighted by molar-refractivity contribution is 7.89. The second-order valence-corrected chi connectivity index (χ2v) is 7.26. The Labute approximate surface area is 142 Å². The Balaban J connectivity index is 0.00000192. The molecule has 0 aliphatic carbocycles. The van der Waals surface area contributed by atoms with Crippen LogP contribution in [0.5, 0.6) is 0 Å². The number of rotatable bonds is 4. The fourth-order valence-corrected chi connectivity index (χ4v) is 3.78. The maximum absolute atomic E-state index is 12.3. The smallest absolute Gasteiger partial charge is 0.259 e. The highest BCUT2D eigenvalue weighted by Crippen LogP contribution is 2.22. The van der Waals surface area contributed by atoms with Crippen LogP contribution in [0.25, 0.3) is 0 Å². The number of hydrogen-bond acceptors (Lipinski definition) is 4. The highest BCUT2D eigenvalue weighted by atomic mass is 35.5. The van der Waals surface area contributed by atoms with Gasteiger partial charge in [0.1, 0.15) is 5.82 Å². The van der Waals surface area contributed by atoms with Gasteiger partial charge in [0, 0.05) is 25.8 Å². The van der Waals surface area contributed by atoms with Gasteiger partial charge in [0.15, 0.2) is 5.03 Å². The lowest BCUT2D eigenvalue weighted by Gasteiger charge is -2.26. The predicted octanol–water partition coefficient (Wildman–Crippen LogP) is 1.32. The molecule has 0 bridgehead atoms. The zero-order valence-corrected chi connectivity index (χ0v) is 14.7. The first-order chi connectivity index (χ1) is 10.5. The summed E-state index contributed by atoms with van der Waals surface area (Å²) in [4.78, 5) is 4.08. The first kappa shape index (κ1) is 17.9. The molecule has 0 radical (unpaired) electrons. The van der Waals surface area contributed by atoms with Gasteiger partial charge in [-0.05, 0) is 31.0 Å². The summed E-state index contributed by atoms with van der Waals surface area (Å²) in [6.07, 6.45) is 2.50. The Morgan fingerprint density at radius 2 is 2.13 bits per heavy atom. The van der Waals surface area contributed by atoms with Crippen LogP contribution in [0.1, 0.15) is 23.0 Å². The van der Waals surface area contributed by atoms with Gasteiger partial charge in [-0.1, -0.05) is 24.3 Å². The van der Waals surface area contributed by atoms with Gasteiger partial charge in [0.2, 0.25) is 0 Å². The number of benzene rings is 1. The van der Waals surface area contributed by atoms with Crippen molar-refractivity contribution in [3.63, 3.8) is 0 Å². The monoisotopic (exact) mass is 356 g/mol. The van der Waals surface area contributed by atoms with Crippen LogP contribution < -0.4 is 10.0 Å². The largest absolute Gasteiger partial charge is 0.337 e. The summed E-state index contributed by atoms with van der Waals surface area (Å²) in [5.74, 6) is 0.668. The topological polar surface area (TPSA) is 76.0 Å². The van der Waals surface area contributed by atoms with E-state index < -0.39 is 10.0 Å². The van der Waals surface area contributed by atoms with Crippen LogP contribution in [-0.2, 0) is 23.5 Å². The molecule has 0 saturated carbocycles. The van der Waals surface area contributed by atoms with Crippen molar-refractivity contribution in [2.45, 2.75) is 24.4 Å². The number of imidazole rings is 1. The van der Waals surface area contributed by atoms with E-state index in [9.17, 15) is 8.42 Å². The third-order valence-electron chi connectivity index (χ3n) is 4.05. The fraction of sp³-hybridized carbons (Fsp3) is 0.400. The van der Waals surface area contributed by atoms with E-state index in [-0.39, 0.29) is 23.5 Å². The summed E-state index contributed by atoms with van der Waals surface area (Å²) in [5.41, 5.74) is 2.44. The first-order valence-corrected chi connectivity index (χ1v) is 8.76. The molecule has 6 nitrogen and oxygen atoms in total. The lowest BCUT2D eigenvalue weighted by molar-refractivity contribution is 0.491. The number of fused-ring (bicyclic) bond motifs is 1. The Morgan fingerprint density at radius 3 is 2.83 bits per heavy atom. The lowest BCUT2D eigenvalue weighted by Crippen LogP contribution is -2.38. The summed E-state index contributed by atoms with van der Waals surface area (Å²) < 4.78 is 29.0. The van der Waals surface area contributed by atoms with E-state index in [1.165, 1.54) is 11.8 Å². The van der Waals surface area contributed by atoms with Crippen molar-refractivity contribution in [2.75, 3.05) is 13.1 Å². The first-order valence-electron chi connectivity index (χ1n) is 7.28. The molecule has 1 aromatic heterocycles. The van der Waals surface area contributed by atoms with Gasteiger partial charge in [-0.15, -0.1) is 12.4 Å². The van der Waals surface area contributed by atoms with Crippen LogP contribution in [0.4, 0.5) is 0 Å². The number of halogens is 1. The second-order valence-electron chi connectivity index (χ2n) is 5.54. The minimum atomic E-state index is -3.59. The molecule has 1 aliphatic heterocycles. The predicted molar refractivity (Wildman–Crippen MR) is 91.3 cm³/mol. The standard InChI is InChI=1S/C15H20N4O2S.ClH/c1-11-18-15(10-19(11)2)22(20,21)17-9-14-13-6-4-3-5-12(13)7-8-16-14;/h3-6,10,14,16-17H,7-9H2,1-2H3;1H. The number of aromatic nitrogens is 2. The molecule has 1 aromatic carbocycles. The van der Waals surface area contributed by atoms with Crippen molar-refractivity contribution < 1.29 is 8.42 Å². The lowest BCUT2D eigenvalue weighted by atomic mass is 9.95. The molecule has 126 valence electrons. The van der Waals surface area contributed by atoms with Crippen LogP contribution >= 0.6 is 12.4 Å². The zero-order valence-electron chi connectivity index (χ0n) is 13.1. The molecule has 23 heavy (non-hydrogen) atoms. The van der Waals surface area contributed by atoms with Crippen LogP contribution in [0.3, 0.4) is 0 Å². The Morgan fingerprint density at radius 1 is 1.39 bits per heavy atom. The normalized spacial score (nSPS) is 17.4.